The second kappa shape index (κ2) is 2.51. The molecular weight excluding hydrogens is 176 g/mol. The fourth-order valence-corrected chi connectivity index (χ4v) is 1.94. The lowest BCUT2D eigenvalue weighted by atomic mass is 10.0. The molecule has 0 unspecified atom stereocenters. The Kier molecular flexibility index (Phi) is 2.04. The number of aliphatic hydroxyl groups is 4. The van der Waals surface area contributed by atoms with Crippen LogP contribution in [0.3, 0.4) is 0 Å². The summed E-state index contributed by atoms with van der Waals surface area (Å²) >= 11 is 0. The van der Waals surface area contributed by atoms with Crippen molar-refractivity contribution < 1.29 is 25.2 Å². The highest BCUT2D eigenvalue weighted by molar-refractivity contribution is 5.75. The van der Waals surface area contributed by atoms with E-state index in [1.807, 2.05) is 0 Å². The van der Waals surface area contributed by atoms with Gasteiger partial charge in [-0.25, -0.2) is 0 Å². The normalized spacial score (nSPS) is 44.2. The molecule has 0 radical (unpaired) electrons. The third kappa shape index (κ3) is 0.826. The number of aliphatic hydroxyl groups excluding tert-OH is 2. The predicted octanol–water partition coefficient (Wildman–Crippen LogP) is -1.96. The summed E-state index contributed by atoms with van der Waals surface area (Å²) in [6.07, 6.45) is -1.32. The zero-order valence-corrected chi connectivity index (χ0v) is 7.56. The molecule has 13 heavy (non-hydrogen) atoms. The summed E-state index contributed by atoms with van der Waals surface area (Å²) in [5, 5.41) is 37.2. The topological polar surface area (TPSA) is 98.0 Å². The van der Waals surface area contributed by atoms with Crippen molar-refractivity contribution in [3.05, 3.63) is 0 Å². The van der Waals surface area contributed by atoms with E-state index in [2.05, 4.69) is 0 Å². The van der Waals surface area contributed by atoms with Gasteiger partial charge >= 0.3 is 0 Å². The van der Waals surface area contributed by atoms with Crippen LogP contribution >= 0.6 is 0 Å². The minimum Gasteiger partial charge on any atom is -0.394 e. The highest BCUT2D eigenvalue weighted by Crippen LogP contribution is 2.65. The SMILES string of the molecule is CC1(C)[C@](O)([C@@H](O)CO)[C@]1(O)C=O. The molecule has 0 saturated heterocycles. The molecule has 5 heteroatoms. The fraction of sp³-hybridized carbons (Fsp3) is 0.875. The Bertz CT molecular complexity index is 239. The smallest absolute Gasteiger partial charge is 0.159 e. The maximum absolute atomic E-state index is 10.5. The van der Waals surface area contributed by atoms with E-state index in [0.717, 1.165) is 0 Å². The average molecular weight is 190 g/mol. The first-order valence-corrected chi connectivity index (χ1v) is 3.99. The van der Waals surface area contributed by atoms with Gasteiger partial charge in [0.25, 0.3) is 0 Å². The second-order valence-electron chi connectivity index (χ2n) is 3.97. The maximum atomic E-state index is 10.5. The van der Waals surface area contributed by atoms with Crippen LogP contribution in [0.5, 0.6) is 0 Å². The van der Waals surface area contributed by atoms with Gasteiger partial charge < -0.3 is 20.4 Å². The Morgan fingerprint density at radius 2 is 1.85 bits per heavy atom. The molecule has 0 aliphatic heterocycles. The van der Waals surface area contributed by atoms with Crippen molar-refractivity contribution >= 4 is 6.29 Å². The Hall–Kier alpha value is -0.490. The lowest BCUT2D eigenvalue weighted by molar-refractivity contribution is -0.127. The first-order valence-electron chi connectivity index (χ1n) is 3.99. The van der Waals surface area contributed by atoms with Crippen LogP contribution in [0.1, 0.15) is 13.8 Å². The van der Waals surface area contributed by atoms with Gasteiger partial charge in [-0.15, -0.1) is 0 Å². The van der Waals surface area contributed by atoms with Gasteiger partial charge in [0.1, 0.15) is 11.7 Å². The van der Waals surface area contributed by atoms with Gasteiger partial charge in [0, 0.05) is 5.41 Å². The quantitative estimate of drug-likeness (QED) is 0.387. The fourth-order valence-electron chi connectivity index (χ4n) is 1.94. The largest absolute Gasteiger partial charge is 0.394 e. The molecule has 76 valence electrons. The lowest BCUT2D eigenvalue weighted by Gasteiger charge is -2.18. The molecule has 0 heterocycles. The number of hydrogen-bond donors (Lipinski definition) is 4. The van der Waals surface area contributed by atoms with E-state index in [9.17, 15) is 20.1 Å². The van der Waals surface area contributed by atoms with Crippen LogP contribution < -0.4 is 0 Å². The molecule has 1 aliphatic rings. The molecule has 0 spiro atoms. The third-order valence-corrected chi connectivity index (χ3v) is 3.25. The molecule has 0 aromatic heterocycles. The molecule has 3 atom stereocenters. The van der Waals surface area contributed by atoms with Gasteiger partial charge in [0.2, 0.25) is 0 Å². The summed E-state index contributed by atoms with van der Waals surface area (Å²) in [5.41, 5.74) is -5.05. The van der Waals surface area contributed by atoms with Crippen molar-refractivity contribution in [1.29, 1.82) is 0 Å². The number of aldehydes is 1. The summed E-state index contributed by atoms with van der Waals surface area (Å²) in [5.74, 6) is 0. The molecule has 0 bridgehead atoms. The number of rotatable bonds is 3. The molecular formula is C8H14O5. The molecule has 1 saturated carbocycles. The van der Waals surface area contributed by atoms with Crippen LogP contribution in [-0.2, 0) is 4.79 Å². The van der Waals surface area contributed by atoms with Crippen LogP contribution in [-0.4, -0.2) is 50.6 Å². The second-order valence-corrected chi connectivity index (χ2v) is 3.97. The van der Waals surface area contributed by atoms with E-state index in [0.29, 0.717) is 0 Å². The van der Waals surface area contributed by atoms with Crippen molar-refractivity contribution in [2.24, 2.45) is 5.41 Å². The molecule has 0 aromatic carbocycles. The molecule has 5 nitrogen and oxygen atoms in total. The van der Waals surface area contributed by atoms with E-state index in [1.54, 1.807) is 0 Å². The van der Waals surface area contributed by atoms with E-state index in [4.69, 9.17) is 5.11 Å². The Morgan fingerprint density at radius 3 is 2.08 bits per heavy atom. The number of carbonyl (C=O) groups excluding carboxylic acids is 1. The van der Waals surface area contributed by atoms with Gasteiger partial charge in [-0.05, 0) is 0 Å². The monoisotopic (exact) mass is 190 g/mol. The highest BCUT2D eigenvalue weighted by Gasteiger charge is 2.85. The molecule has 1 aliphatic carbocycles. The standard InChI is InChI=1S/C8H14O5/c1-6(2)7(12,4-10)8(6,13)5(11)3-9/h4-5,9,11-13H,3H2,1-2H3/t5-,7-,8+/m0/s1. The minimum atomic E-state index is -1.97. The first-order chi connectivity index (χ1) is 5.79. The van der Waals surface area contributed by atoms with Crippen LogP contribution in [0, 0.1) is 5.41 Å². The zero-order chi connectivity index (χ0) is 10.5. The van der Waals surface area contributed by atoms with Crippen molar-refractivity contribution in [2.75, 3.05) is 6.61 Å². The van der Waals surface area contributed by atoms with Gasteiger partial charge in [0.15, 0.2) is 11.9 Å². The van der Waals surface area contributed by atoms with Gasteiger partial charge in [-0.1, -0.05) is 13.8 Å². The molecule has 0 amide bonds. The predicted molar refractivity (Wildman–Crippen MR) is 42.8 cm³/mol. The summed E-state index contributed by atoms with van der Waals surface area (Å²) in [6, 6.07) is 0. The third-order valence-electron chi connectivity index (χ3n) is 3.25. The molecule has 4 N–H and O–H groups in total. The van der Waals surface area contributed by atoms with E-state index in [1.165, 1.54) is 13.8 Å². The van der Waals surface area contributed by atoms with Gasteiger partial charge in [-0.3, -0.25) is 4.79 Å². The van der Waals surface area contributed by atoms with Crippen molar-refractivity contribution in [1.82, 2.24) is 0 Å². The zero-order valence-electron chi connectivity index (χ0n) is 7.56. The maximum Gasteiger partial charge on any atom is 0.159 e. The average Bonchev–Trinajstić information content (AvgIpc) is 2.46. The Balaban J connectivity index is 3.03. The highest BCUT2D eigenvalue weighted by atomic mass is 16.4. The molecule has 1 rings (SSSR count). The Labute approximate surface area is 75.6 Å². The van der Waals surface area contributed by atoms with Crippen LogP contribution in [0.15, 0.2) is 0 Å². The first kappa shape index (κ1) is 10.6. The summed E-state index contributed by atoms with van der Waals surface area (Å²) in [6.45, 7) is 2.19. The number of carbonyl (C=O) groups is 1. The van der Waals surface area contributed by atoms with Crippen molar-refractivity contribution in [3.63, 3.8) is 0 Å². The van der Waals surface area contributed by atoms with E-state index in [-0.39, 0.29) is 6.29 Å². The lowest BCUT2D eigenvalue weighted by Crippen LogP contribution is -2.41. The van der Waals surface area contributed by atoms with Gasteiger partial charge in [-0.2, -0.15) is 0 Å². The number of hydrogen-bond acceptors (Lipinski definition) is 5. The van der Waals surface area contributed by atoms with E-state index < -0.39 is 29.3 Å². The summed E-state index contributed by atoms with van der Waals surface area (Å²) < 4.78 is 0. The van der Waals surface area contributed by atoms with Crippen LogP contribution in [0.2, 0.25) is 0 Å². The van der Waals surface area contributed by atoms with Crippen molar-refractivity contribution in [3.8, 4) is 0 Å². The molecule has 1 fully saturated rings. The van der Waals surface area contributed by atoms with Crippen LogP contribution in [0.25, 0.3) is 0 Å². The minimum absolute atomic E-state index is 0.200. The van der Waals surface area contributed by atoms with Crippen molar-refractivity contribution in [2.45, 2.75) is 31.2 Å². The summed E-state index contributed by atoms with van der Waals surface area (Å²) in [7, 11) is 0. The molecule has 0 aromatic rings. The van der Waals surface area contributed by atoms with Crippen LogP contribution in [0.4, 0.5) is 0 Å². The summed E-state index contributed by atoms with van der Waals surface area (Å²) in [4.78, 5) is 10.5. The van der Waals surface area contributed by atoms with E-state index >= 15 is 0 Å². The Morgan fingerprint density at radius 1 is 1.38 bits per heavy atom. The van der Waals surface area contributed by atoms with Gasteiger partial charge in [0.05, 0.1) is 6.61 Å².